The van der Waals surface area contributed by atoms with Gasteiger partial charge in [0.15, 0.2) is 0 Å². The molecular weight excluding hydrogens is 244 g/mol. The van der Waals surface area contributed by atoms with Crippen molar-refractivity contribution in [1.29, 1.82) is 0 Å². The standard InChI is InChI=1S/C13H18N4O2/c18-17(19)12-3-1-11(2-4-12)16-7-5-13(6-8-16)9-14-10-15-13/h1-4,14-15H,5-10H2. The number of hydrogen-bond donors (Lipinski definition) is 2. The maximum atomic E-state index is 10.6. The molecule has 1 aromatic carbocycles. The molecule has 0 aliphatic carbocycles. The van der Waals surface area contributed by atoms with Crippen molar-refractivity contribution in [1.82, 2.24) is 10.6 Å². The summed E-state index contributed by atoms with van der Waals surface area (Å²) in [5.41, 5.74) is 1.49. The fourth-order valence-corrected chi connectivity index (χ4v) is 2.95. The molecule has 0 bridgehead atoms. The molecule has 0 atom stereocenters. The van der Waals surface area contributed by atoms with Crippen LogP contribution in [-0.4, -0.2) is 36.8 Å². The molecule has 2 heterocycles. The number of anilines is 1. The molecule has 3 rings (SSSR count). The Balaban J connectivity index is 1.66. The molecule has 102 valence electrons. The van der Waals surface area contributed by atoms with Crippen LogP contribution < -0.4 is 15.5 Å². The van der Waals surface area contributed by atoms with Crippen LogP contribution in [0, 0.1) is 10.1 Å². The summed E-state index contributed by atoms with van der Waals surface area (Å²) in [5.74, 6) is 0. The molecule has 2 saturated heterocycles. The molecule has 19 heavy (non-hydrogen) atoms. The Kier molecular flexibility index (Phi) is 3.12. The lowest BCUT2D eigenvalue weighted by Crippen LogP contribution is -2.52. The predicted octanol–water partition coefficient (Wildman–Crippen LogP) is 1.08. The summed E-state index contributed by atoms with van der Waals surface area (Å²) < 4.78 is 0. The zero-order valence-electron chi connectivity index (χ0n) is 10.8. The molecule has 1 spiro atoms. The van der Waals surface area contributed by atoms with Crippen molar-refractivity contribution < 1.29 is 4.92 Å². The van der Waals surface area contributed by atoms with E-state index in [1.807, 2.05) is 12.1 Å². The minimum Gasteiger partial charge on any atom is -0.371 e. The first-order valence-corrected chi connectivity index (χ1v) is 6.64. The molecule has 2 aliphatic heterocycles. The second-order valence-corrected chi connectivity index (χ2v) is 5.32. The third kappa shape index (κ3) is 2.41. The number of nitrogens with one attached hydrogen (secondary N) is 2. The summed E-state index contributed by atoms with van der Waals surface area (Å²) >= 11 is 0. The van der Waals surface area contributed by atoms with Crippen LogP contribution in [0.25, 0.3) is 0 Å². The van der Waals surface area contributed by atoms with E-state index in [2.05, 4.69) is 15.5 Å². The van der Waals surface area contributed by atoms with Gasteiger partial charge in [0, 0.05) is 49.7 Å². The predicted molar refractivity (Wildman–Crippen MR) is 73.3 cm³/mol. The second kappa shape index (κ2) is 4.79. The van der Waals surface area contributed by atoms with Crippen LogP contribution >= 0.6 is 0 Å². The van der Waals surface area contributed by atoms with Gasteiger partial charge in [-0.25, -0.2) is 0 Å². The Labute approximate surface area is 111 Å². The number of rotatable bonds is 2. The van der Waals surface area contributed by atoms with Gasteiger partial charge in [-0.3, -0.25) is 15.4 Å². The Bertz CT molecular complexity index is 458. The summed E-state index contributed by atoms with van der Waals surface area (Å²) in [6.45, 7) is 3.93. The third-order valence-electron chi connectivity index (χ3n) is 4.20. The fraction of sp³-hybridized carbons (Fsp3) is 0.538. The lowest BCUT2D eigenvalue weighted by atomic mass is 9.88. The van der Waals surface area contributed by atoms with Gasteiger partial charge in [-0.1, -0.05) is 0 Å². The first kappa shape index (κ1) is 12.4. The summed E-state index contributed by atoms with van der Waals surface area (Å²) in [4.78, 5) is 12.6. The smallest absolute Gasteiger partial charge is 0.269 e. The van der Waals surface area contributed by atoms with Crippen LogP contribution in [0.5, 0.6) is 0 Å². The van der Waals surface area contributed by atoms with Crippen LogP contribution in [0.3, 0.4) is 0 Å². The molecule has 6 heteroatoms. The first-order valence-electron chi connectivity index (χ1n) is 6.64. The van der Waals surface area contributed by atoms with Crippen molar-refractivity contribution >= 4 is 11.4 Å². The minimum atomic E-state index is -0.358. The first-order chi connectivity index (χ1) is 9.19. The lowest BCUT2D eigenvalue weighted by Gasteiger charge is -2.40. The molecule has 0 unspecified atom stereocenters. The molecule has 2 fully saturated rings. The van der Waals surface area contributed by atoms with Gasteiger partial charge in [-0.15, -0.1) is 0 Å². The molecule has 0 saturated carbocycles. The summed E-state index contributed by atoms with van der Waals surface area (Å²) in [5, 5.41) is 17.5. The summed E-state index contributed by atoms with van der Waals surface area (Å²) in [6, 6.07) is 6.84. The average molecular weight is 262 g/mol. The van der Waals surface area contributed by atoms with E-state index in [9.17, 15) is 10.1 Å². The number of hydrogen-bond acceptors (Lipinski definition) is 5. The van der Waals surface area contributed by atoms with Crippen LogP contribution in [0.15, 0.2) is 24.3 Å². The van der Waals surface area contributed by atoms with Gasteiger partial charge in [0.25, 0.3) is 5.69 Å². The summed E-state index contributed by atoms with van der Waals surface area (Å²) in [7, 11) is 0. The van der Waals surface area contributed by atoms with Gasteiger partial charge in [0.1, 0.15) is 0 Å². The monoisotopic (exact) mass is 262 g/mol. The zero-order valence-corrected chi connectivity index (χ0v) is 10.8. The van der Waals surface area contributed by atoms with Crippen molar-refractivity contribution in [3.63, 3.8) is 0 Å². The molecule has 0 radical (unpaired) electrons. The zero-order chi connectivity index (χ0) is 13.3. The minimum absolute atomic E-state index is 0.152. The number of benzene rings is 1. The molecule has 0 amide bonds. The van der Waals surface area contributed by atoms with Gasteiger partial charge >= 0.3 is 0 Å². The number of nitrogens with zero attached hydrogens (tertiary/aromatic N) is 2. The van der Waals surface area contributed by atoms with Crippen molar-refractivity contribution in [3.8, 4) is 0 Å². The van der Waals surface area contributed by atoms with Crippen molar-refractivity contribution in [2.75, 3.05) is 31.2 Å². The number of non-ortho nitro benzene ring substituents is 1. The van der Waals surface area contributed by atoms with E-state index in [4.69, 9.17) is 0 Å². The van der Waals surface area contributed by atoms with Gasteiger partial charge in [0.05, 0.1) is 4.92 Å². The van der Waals surface area contributed by atoms with Crippen LogP contribution in [0.1, 0.15) is 12.8 Å². The topological polar surface area (TPSA) is 70.4 Å². The normalized spacial score (nSPS) is 21.8. The molecule has 2 N–H and O–H groups in total. The molecule has 0 aromatic heterocycles. The Morgan fingerprint density at radius 1 is 1.21 bits per heavy atom. The van der Waals surface area contributed by atoms with Crippen LogP contribution in [0.2, 0.25) is 0 Å². The third-order valence-corrected chi connectivity index (χ3v) is 4.20. The van der Waals surface area contributed by atoms with E-state index in [0.717, 1.165) is 44.8 Å². The van der Waals surface area contributed by atoms with Crippen LogP contribution in [0.4, 0.5) is 11.4 Å². The van der Waals surface area contributed by atoms with Gasteiger partial charge in [-0.05, 0) is 25.0 Å². The SMILES string of the molecule is O=[N+]([O-])c1ccc(N2CCC3(CC2)CNCN3)cc1. The highest BCUT2D eigenvalue weighted by Crippen LogP contribution is 2.28. The van der Waals surface area contributed by atoms with E-state index in [1.54, 1.807) is 12.1 Å². The van der Waals surface area contributed by atoms with Crippen molar-refractivity contribution in [2.45, 2.75) is 18.4 Å². The van der Waals surface area contributed by atoms with Crippen molar-refractivity contribution in [2.24, 2.45) is 0 Å². The highest BCUT2D eigenvalue weighted by molar-refractivity contribution is 5.51. The molecule has 1 aromatic rings. The Morgan fingerprint density at radius 2 is 1.89 bits per heavy atom. The number of piperidine rings is 1. The summed E-state index contributed by atoms with van der Waals surface area (Å²) in [6.07, 6.45) is 2.22. The van der Waals surface area contributed by atoms with E-state index >= 15 is 0 Å². The van der Waals surface area contributed by atoms with E-state index in [1.165, 1.54) is 0 Å². The maximum absolute atomic E-state index is 10.6. The van der Waals surface area contributed by atoms with E-state index in [0.29, 0.717) is 0 Å². The maximum Gasteiger partial charge on any atom is 0.269 e. The lowest BCUT2D eigenvalue weighted by molar-refractivity contribution is -0.384. The van der Waals surface area contributed by atoms with E-state index in [-0.39, 0.29) is 16.1 Å². The van der Waals surface area contributed by atoms with Gasteiger partial charge in [0.2, 0.25) is 0 Å². The highest BCUT2D eigenvalue weighted by atomic mass is 16.6. The molecule has 2 aliphatic rings. The average Bonchev–Trinajstić information content (AvgIpc) is 2.88. The van der Waals surface area contributed by atoms with Gasteiger partial charge in [-0.2, -0.15) is 0 Å². The van der Waals surface area contributed by atoms with E-state index < -0.39 is 0 Å². The van der Waals surface area contributed by atoms with Crippen molar-refractivity contribution in [3.05, 3.63) is 34.4 Å². The highest BCUT2D eigenvalue weighted by Gasteiger charge is 2.36. The Hall–Kier alpha value is -1.66. The Morgan fingerprint density at radius 3 is 2.42 bits per heavy atom. The fourth-order valence-electron chi connectivity index (χ4n) is 2.95. The number of nitro benzene ring substituents is 1. The number of nitro groups is 1. The molecular formula is C13H18N4O2. The largest absolute Gasteiger partial charge is 0.371 e. The van der Waals surface area contributed by atoms with Crippen LogP contribution in [-0.2, 0) is 0 Å². The molecule has 6 nitrogen and oxygen atoms in total. The second-order valence-electron chi connectivity index (χ2n) is 5.32. The quantitative estimate of drug-likeness (QED) is 0.616. The van der Waals surface area contributed by atoms with Gasteiger partial charge < -0.3 is 10.2 Å².